The molecule has 0 heterocycles. The van der Waals surface area contributed by atoms with Crippen molar-refractivity contribution in [3.63, 3.8) is 0 Å². The molecule has 10 heteroatoms. The van der Waals surface area contributed by atoms with E-state index < -0.39 is 43.5 Å². The van der Waals surface area contributed by atoms with Crippen molar-refractivity contribution < 1.29 is 30.7 Å². The lowest BCUT2D eigenvalue weighted by Crippen LogP contribution is -2.38. The van der Waals surface area contributed by atoms with Crippen molar-refractivity contribution in [3.05, 3.63) is 75.6 Å². The van der Waals surface area contributed by atoms with E-state index in [4.69, 9.17) is 0 Å². The van der Waals surface area contributed by atoms with Crippen molar-refractivity contribution in [1.29, 1.82) is 0 Å². The monoisotopic (exact) mass is 375 g/mol. The fourth-order valence-corrected chi connectivity index (χ4v) is 3.02. The van der Waals surface area contributed by atoms with Crippen LogP contribution in [0.25, 0.3) is 0 Å². The van der Waals surface area contributed by atoms with Gasteiger partial charge in [0, 0.05) is 5.56 Å². The first kappa shape index (κ1) is 18.9. The Labute approximate surface area is 141 Å². The molecule has 0 bridgehead atoms. The lowest BCUT2D eigenvalue weighted by atomic mass is 10.1. The van der Waals surface area contributed by atoms with Gasteiger partial charge in [0.2, 0.25) is 6.10 Å². The number of hydrogen-bond donors (Lipinski definition) is 0. The van der Waals surface area contributed by atoms with Crippen LogP contribution in [0.1, 0.15) is 17.2 Å². The molecule has 0 amide bonds. The highest BCUT2D eigenvalue weighted by Crippen LogP contribution is 2.38. The molecule has 2 aromatic carbocycles. The molecular formula is C15H12F3NO5S. The van der Waals surface area contributed by atoms with E-state index in [2.05, 4.69) is 4.18 Å². The molecule has 0 saturated carbocycles. The number of nitrogens with zero attached hydrogens (tertiary/aromatic N) is 1. The second-order valence-corrected chi connectivity index (χ2v) is 6.68. The Bertz CT molecular complexity index is 884. The maximum atomic E-state index is 13.9. The third-order valence-corrected chi connectivity index (χ3v) is 4.57. The number of hydrogen-bond acceptors (Lipinski definition) is 5. The van der Waals surface area contributed by atoms with Crippen LogP contribution in [-0.4, -0.2) is 19.4 Å². The van der Waals surface area contributed by atoms with E-state index in [1.165, 1.54) is 12.1 Å². The van der Waals surface area contributed by atoms with E-state index in [1.54, 1.807) is 6.92 Å². The largest absolute Gasteiger partial charge is 0.543 e. The van der Waals surface area contributed by atoms with Crippen molar-refractivity contribution in [2.45, 2.75) is 24.0 Å². The first-order valence-electron chi connectivity index (χ1n) is 6.82. The van der Waals surface area contributed by atoms with E-state index >= 15 is 0 Å². The van der Waals surface area contributed by atoms with Crippen LogP contribution >= 0.6 is 0 Å². The third-order valence-electron chi connectivity index (χ3n) is 3.28. The van der Waals surface area contributed by atoms with Crippen LogP contribution in [0.3, 0.4) is 0 Å². The van der Waals surface area contributed by atoms with Gasteiger partial charge in [0.25, 0.3) is 10.1 Å². The van der Waals surface area contributed by atoms with E-state index in [9.17, 15) is 31.7 Å². The van der Waals surface area contributed by atoms with Crippen LogP contribution in [-0.2, 0) is 14.3 Å². The van der Waals surface area contributed by atoms with Gasteiger partial charge in [-0.15, -0.1) is 8.78 Å². The molecule has 2 aromatic rings. The van der Waals surface area contributed by atoms with E-state index in [0.29, 0.717) is 5.56 Å². The lowest BCUT2D eigenvalue weighted by molar-refractivity contribution is -0.657. The second-order valence-electron chi connectivity index (χ2n) is 5.11. The maximum Gasteiger partial charge on any atom is 0.543 e. The van der Waals surface area contributed by atoms with Crippen molar-refractivity contribution in [2.75, 3.05) is 0 Å². The molecule has 0 fully saturated rings. The Hall–Kier alpha value is -2.46. The molecule has 0 N–H and O–H groups in total. The van der Waals surface area contributed by atoms with Crippen LogP contribution in [0.15, 0.2) is 53.4 Å². The number of benzene rings is 2. The van der Waals surface area contributed by atoms with Crippen LogP contribution < -0.4 is 0 Å². The maximum absolute atomic E-state index is 13.9. The molecule has 0 spiro atoms. The summed E-state index contributed by atoms with van der Waals surface area (Å²) >= 11 is 0. The summed E-state index contributed by atoms with van der Waals surface area (Å²) in [5.74, 6) is -1.26. The summed E-state index contributed by atoms with van der Waals surface area (Å²) in [6.07, 6.45) is -2.96. The first-order valence-corrected chi connectivity index (χ1v) is 8.23. The average Bonchev–Trinajstić information content (AvgIpc) is 2.53. The normalized spacial score (nSPS) is 13.4. The van der Waals surface area contributed by atoms with Crippen LogP contribution in [0.5, 0.6) is 0 Å². The molecular weight excluding hydrogens is 363 g/mol. The molecule has 2 rings (SSSR count). The summed E-state index contributed by atoms with van der Waals surface area (Å²) < 4.78 is 70.5. The molecule has 0 aliphatic carbocycles. The highest BCUT2D eigenvalue weighted by molar-refractivity contribution is 7.86. The number of aryl methyl sites for hydroxylation is 1. The van der Waals surface area contributed by atoms with Crippen molar-refractivity contribution >= 4 is 10.1 Å². The van der Waals surface area contributed by atoms with E-state index in [0.717, 1.165) is 36.4 Å². The molecule has 134 valence electrons. The van der Waals surface area contributed by atoms with Crippen LogP contribution in [0, 0.1) is 22.9 Å². The average molecular weight is 375 g/mol. The Kier molecular flexibility index (Phi) is 5.14. The SMILES string of the molecule is Cc1ccc(S(=O)(=O)O[C@@H](c2ccccc2F)C(F)(F)[N+](=O)[O-])cc1. The summed E-state index contributed by atoms with van der Waals surface area (Å²) in [7, 11) is -4.81. The Morgan fingerprint density at radius 3 is 2.20 bits per heavy atom. The van der Waals surface area contributed by atoms with Crippen LogP contribution in [0.2, 0.25) is 0 Å². The highest BCUT2D eigenvalue weighted by Gasteiger charge is 2.57. The minimum absolute atomic E-state index is 0.487. The van der Waals surface area contributed by atoms with Gasteiger partial charge in [0.1, 0.15) is 5.82 Å². The molecule has 0 saturated heterocycles. The summed E-state index contributed by atoms with van der Waals surface area (Å²) in [6, 6.07) is 3.93. The van der Waals surface area contributed by atoms with Gasteiger partial charge in [-0.2, -0.15) is 8.42 Å². The molecule has 1 atom stereocenters. The zero-order valence-corrected chi connectivity index (χ0v) is 13.5. The minimum Gasteiger partial charge on any atom is -0.259 e. The topological polar surface area (TPSA) is 86.5 Å². The van der Waals surface area contributed by atoms with Gasteiger partial charge in [0.15, 0.2) is 0 Å². The van der Waals surface area contributed by atoms with E-state index in [-0.39, 0.29) is 0 Å². The van der Waals surface area contributed by atoms with Gasteiger partial charge in [-0.25, -0.2) is 8.57 Å². The van der Waals surface area contributed by atoms with Gasteiger partial charge in [0.05, 0.1) is 9.82 Å². The number of alkyl halides is 2. The molecule has 25 heavy (non-hydrogen) atoms. The fourth-order valence-electron chi connectivity index (χ4n) is 1.97. The molecule has 6 nitrogen and oxygen atoms in total. The zero-order chi connectivity index (χ0) is 18.8. The quantitative estimate of drug-likeness (QED) is 0.334. The molecule has 0 aliphatic heterocycles. The lowest BCUT2D eigenvalue weighted by Gasteiger charge is -2.20. The van der Waals surface area contributed by atoms with Gasteiger partial charge < -0.3 is 0 Å². The van der Waals surface area contributed by atoms with Gasteiger partial charge >= 0.3 is 6.05 Å². The molecule has 0 unspecified atom stereocenters. The van der Waals surface area contributed by atoms with Crippen molar-refractivity contribution in [2.24, 2.45) is 0 Å². The zero-order valence-electron chi connectivity index (χ0n) is 12.7. The Balaban J connectivity index is 2.52. The minimum atomic E-state index is -4.88. The summed E-state index contributed by atoms with van der Waals surface area (Å²) in [5.41, 5.74) is -0.250. The molecule has 0 aliphatic rings. The molecule has 0 aromatic heterocycles. The summed E-state index contributed by atoms with van der Waals surface area (Å²) in [6.45, 7) is 1.67. The predicted octanol–water partition coefficient (Wildman–Crippen LogP) is 3.45. The number of nitro groups is 1. The summed E-state index contributed by atoms with van der Waals surface area (Å²) in [4.78, 5) is 8.17. The Morgan fingerprint density at radius 2 is 1.68 bits per heavy atom. The van der Waals surface area contributed by atoms with Crippen molar-refractivity contribution in [1.82, 2.24) is 0 Å². The van der Waals surface area contributed by atoms with E-state index in [1.807, 2.05) is 0 Å². The molecule has 0 radical (unpaired) electrons. The van der Waals surface area contributed by atoms with Crippen molar-refractivity contribution in [3.8, 4) is 0 Å². The first-order chi connectivity index (χ1) is 11.6. The van der Waals surface area contributed by atoms with Gasteiger partial charge in [-0.1, -0.05) is 35.9 Å². The standard InChI is InChI=1S/C15H12F3NO5S/c1-10-6-8-11(9-7-10)25(22,23)24-14(15(17,18)19(20)21)12-4-2-3-5-13(12)16/h2-9,14H,1H3/t14-/m0/s1. The number of rotatable bonds is 6. The second kappa shape index (κ2) is 6.81. The highest BCUT2D eigenvalue weighted by atomic mass is 32.2. The smallest absolute Gasteiger partial charge is 0.259 e. The summed E-state index contributed by atoms with van der Waals surface area (Å²) in [5, 5.41) is 10.7. The van der Waals surface area contributed by atoms with Gasteiger partial charge in [-0.05, 0) is 25.1 Å². The Morgan fingerprint density at radius 1 is 1.12 bits per heavy atom. The third kappa shape index (κ3) is 3.97. The van der Waals surface area contributed by atoms with Crippen LogP contribution in [0.4, 0.5) is 13.2 Å². The fraction of sp³-hybridized carbons (Fsp3) is 0.200. The predicted molar refractivity (Wildman–Crippen MR) is 80.5 cm³/mol. The van der Waals surface area contributed by atoms with Gasteiger partial charge in [-0.3, -0.25) is 10.1 Å². The number of halogens is 3.